The van der Waals surface area contributed by atoms with E-state index in [1.807, 2.05) is 0 Å². The summed E-state index contributed by atoms with van der Waals surface area (Å²) >= 11 is 0. The molecule has 0 aromatic rings. The molecule has 76 valence electrons. The maximum atomic E-state index is 5.66. The second kappa shape index (κ2) is 3.97. The van der Waals surface area contributed by atoms with Gasteiger partial charge >= 0.3 is 0 Å². The summed E-state index contributed by atoms with van der Waals surface area (Å²) in [6.07, 6.45) is 3.94. The quantitative estimate of drug-likeness (QED) is 0.706. The molecule has 13 heavy (non-hydrogen) atoms. The molecule has 0 aromatic heterocycles. The van der Waals surface area contributed by atoms with Gasteiger partial charge in [0.25, 0.3) is 0 Å². The number of nitrogens with two attached hydrogens (primary N) is 1. The van der Waals surface area contributed by atoms with Crippen LogP contribution in [0.25, 0.3) is 0 Å². The minimum absolute atomic E-state index is 0.811. The summed E-state index contributed by atoms with van der Waals surface area (Å²) < 4.78 is 5.62. The molecule has 2 rings (SSSR count). The molecule has 1 saturated heterocycles. The fraction of sp³-hybridized carbons (Fsp3) is 1.00. The van der Waals surface area contributed by atoms with E-state index in [1.165, 1.54) is 19.3 Å². The van der Waals surface area contributed by atoms with Crippen molar-refractivity contribution in [3.8, 4) is 0 Å². The predicted molar refractivity (Wildman–Crippen MR) is 53.4 cm³/mol. The SMILES string of the molecule is CC1CC2COCC(C1)C2CCN. The Morgan fingerprint density at radius 3 is 2.38 bits per heavy atom. The fourth-order valence-electron chi connectivity index (χ4n) is 3.28. The lowest BCUT2D eigenvalue weighted by molar-refractivity contribution is -0.0709. The van der Waals surface area contributed by atoms with Crippen molar-refractivity contribution in [2.24, 2.45) is 29.4 Å². The molecule has 1 saturated carbocycles. The van der Waals surface area contributed by atoms with Crippen LogP contribution in [0.1, 0.15) is 26.2 Å². The first-order chi connectivity index (χ1) is 6.31. The van der Waals surface area contributed by atoms with E-state index >= 15 is 0 Å². The van der Waals surface area contributed by atoms with Crippen LogP contribution in [-0.2, 0) is 4.74 Å². The summed E-state index contributed by atoms with van der Waals surface area (Å²) in [6.45, 7) is 5.22. The Balaban J connectivity index is 2.01. The molecular weight excluding hydrogens is 162 g/mol. The molecule has 2 bridgehead atoms. The van der Waals surface area contributed by atoms with E-state index in [4.69, 9.17) is 10.5 Å². The third-order valence-electron chi connectivity index (χ3n) is 3.79. The lowest BCUT2D eigenvalue weighted by Gasteiger charge is -2.44. The molecule has 0 amide bonds. The first kappa shape index (κ1) is 9.47. The molecule has 2 N–H and O–H groups in total. The molecule has 2 unspecified atom stereocenters. The molecule has 0 radical (unpaired) electrons. The first-order valence-corrected chi connectivity index (χ1v) is 5.59. The van der Waals surface area contributed by atoms with Crippen molar-refractivity contribution in [1.29, 1.82) is 0 Å². The predicted octanol–water partition coefficient (Wildman–Crippen LogP) is 1.64. The van der Waals surface area contributed by atoms with Crippen LogP contribution in [0.5, 0.6) is 0 Å². The largest absolute Gasteiger partial charge is 0.381 e. The van der Waals surface area contributed by atoms with Crippen molar-refractivity contribution in [3.63, 3.8) is 0 Å². The normalized spacial score (nSPS) is 44.8. The molecule has 0 spiro atoms. The number of hydrogen-bond acceptors (Lipinski definition) is 2. The van der Waals surface area contributed by atoms with Gasteiger partial charge in [0.05, 0.1) is 0 Å². The molecule has 0 aromatic carbocycles. The smallest absolute Gasteiger partial charge is 0.0497 e. The maximum Gasteiger partial charge on any atom is 0.0497 e. The van der Waals surface area contributed by atoms with Crippen LogP contribution in [0, 0.1) is 23.7 Å². The van der Waals surface area contributed by atoms with Crippen LogP contribution in [0.4, 0.5) is 0 Å². The number of rotatable bonds is 2. The zero-order valence-electron chi connectivity index (χ0n) is 8.54. The second-order valence-corrected chi connectivity index (χ2v) is 4.88. The van der Waals surface area contributed by atoms with Crippen LogP contribution in [-0.4, -0.2) is 19.8 Å². The van der Waals surface area contributed by atoms with Crippen molar-refractivity contribution < 1.29 is 4.74 Å². The molecular formula is C11H21NO. The van der Waals surface area contributed by atoms with Gasteiger partial charge in [0.1, 0.15) is 0 Å². The molecule has 2 aliphatic rings. The van der Waals surface area contributed by atoms with Crippen LogP contribution < -0.4 is 5.73 Å². The zero-order valence-corrected chi connectivity index (χ0v) is 8.54. The maximum absolute atomic E-state index is 5.66. The van der Waals surface area contributed by atoms with Crippen molar-refractivity contribution in [3.05, 3.63) is 0 Å². The van der Waals surface area contributed by atoms with Crippen LogP contribution in [0.15, 0.2) is 0 Å². The summed E-state index contributed by atoms with van der Waals surface area (Å²) in [5, 5.41) is 0. The lowest BCUT2D eigenvalue weighted by atomic mass is 9.66. The van der Waals surface area contributed by atoms with E-state index in [2.05, 4.69) is 6.92 Å². The van der Waals surface area contributed by atoms with E-state index in [0.717, 1.165) is 43.4 Å². The third-order valence-corrected chi connectivity index (χ3v) is 3.79. The monoisotopic (exact) mass is 183 g/mol. The van der Waals surface area contributed by atoms with Crippen LogP contribution in [0.2, 0.25) is 0 Å². The van der Waals surface area contributed by atoms with Crippen molar-refractivity contribution in [2.75, 3.05) is 19.8 Å². The Morgan fingerprint density at radius 1 is 1.23 bits per heavy atom. The number of ether oxygens (including phenoxy) is 1. The molecule has 1 aliphatic heterocycles. The van der Waals surface area contributed by atoms with E-state index in [1.54, 1.807) is 0 Å². The van der Waals surface area contributed by atoms with Gasteiger partial charge < -0.3 is 10.5 Å². The second-order valence-electron chi connectivity index (χ2n) is 4.88. The molecule has 2 nitrogen and oxygen atoms in total. The Bertz CT molecular complexity index is 157. The number of fused-ring (bicyclic) bond motifs is 2. The van der Waals surface area contributed by atoms with Crippen molar-refractivity contribution in [1.82, 2.24) is 0 Å². The van der Waals surface area contributed by atoms with Crippen LogP contribution >= 0.6 is 0 Å². The van der Waals surface area contributed by atoms with Crippen molar-refractivity contribution in [2.45, 2.75) is 26.2 Å². The Morgan fingerprint density at radius 2 is 1.85 bits per heavy atom. The standard InChI is InChI=1S/C11H21NO/c1-8-4-9-6-13-7-10(5-8)11(9)2-3-12/h8-11H,2-7,12H2,1H3. The third kappa shape index (κ3) is 1.89. The van der Waals surface area contributed by atoms with Gasteiger partial charge in [-0.05, 0) is 49.5 Å². The average Bonchev–Trinajstić information content (AvgIpc) is 2.07. The van der Waals surface area contributed by atoms with Gasteiger partial charge in [0.2, 0.25) is 0 Å². The topological polar surface area (TPSA) is 35.2 Å². The number of hydrogen-bond donors (Lipinski definition) is 1. The minimum Gasteiger partial charge on any atom is -0.381 e. The van der Waals surface area contributed by atoms with E-state index < -0.39 is 0 Å². The Labute approximate surface area is 80.8 Å². The van der Waals surface area contributed by atoms with Gasteiger partial charge in [0.15, 0.2) is 0 Å². The molecule has 2 atom stereocenters. The van der Waals surface area contributed by atoms with E-state index in [0.29, 0.717) is 0 Å². The van der Waals surface area contributed by atoms with Gasteiger partial charge in [-0.1, -0.05) is 6.92 Å². The van der Waals surface area contributed by atoms with E-state index in [-0.39, 0.29) is 0 Å². The van der Waals surface area contributed by atoms with Gasteiger partial charge in [-0.3, -0.25) is 0 Å². The Kier molecular flexibility index (Phi) is 2.89. The average molecular weight is 183 g/mol. The van der Waals surface area contributed by atoms with Crippen LogP contribution in [0.3, 0.4) is 0 Å². The zero-order chi connectivity index (χ0) is 9.26. The van der Waals surface area contributed by atoms with Gasteiger partial charge in [-0.15, -0.1) is 0 Å². The van der Waals surface area contributed by atoms with Gasteiger partial charge in [-0.25, -0.2) is 0 Å². The molecule has 2 fully saturated rings. The lowest BCUT2D eigenvalue weighted by Crippen LogP contribution is -2.42. The molecule has 1 heterocycles. The summed E-state index contributed by atoms with van der Waals surface area (Å²) in [5.74, 6) is 3.40. The van der Waals surface area contributed by atoms with Crippen molar-refractivity contribution >= 4 is 0 Å². The highest BCUT2D eigenvalue weighted by molar-refractivity contribution is 4.87. The molecule has 2 heteroatoms. The minimum atomic E-state index is 0.811. The summed E-state index contributed by atoms with van der Waals surface area (Å²) in [7, 11) is 0. The van der Waals surface area contributed by atoms with Gasteiger partial charge in [-0.2, -0.15) is 0 Å². The Hall–Kier alpha value is -0.0800. The summed E-state index contributed by atoms with van der Waals surface area (Å²) in [4.78, 5) is 0. The fourth-order valence-corrected chi connectivity index (χ4v) is 3.28. The highest BCUT2D eigenvalue weighted by atomic mass is 16.5. The highest BCUT2D eigenvalue weighted by Crippen LogP contribution is 2.42. The summed E-state index contributed by atoms with van der Waals surface area (Å²) in [5.41, 5.74) is 5.66. The first-order valence-electron chi connectivity index (χ1n) is 5.59. The van der Waals surface area contributed by atoms with E-state index in [9.17, 15) is 0 Å². The highest BCUT2D eigenvalue weighted by Gasteiger charge is 2.38. The summed E-state index contributed by atoms with van der Waals surface area (Å²) in [6, 6.07) is 0. The molecule has 1 aliphatic carbocycles. The van der Waals surface area contributed by atoms with Gasteiger partial charge in [0, 0.05) is 13.2 Å².